The van der Waals surface area contributed by atoms with Gasteiger partial charge in [0.1, 0.15) is 11.0 Å². The highest BCUT2D eigenvalue weighted by molar-refractivity contribution is 7.20. The van der Waals surface area contributed by atoms with E-state index in [9.17, 15) is 19.8 Å². The minimum atomic E-state index is -1.72. The van der Waals surface area contributed by atoms with Gasteiger partial charge in [0.15, 0.2) is 6.10 Å². The number of carboxylic acids is 1. The standard InChI is InChI=1S/C13H12O6S/c1-19-13(18)11(15)10(14)6-3-2-4-8-7(6)5-9(20-8)12(16)17/h2-5,10-11,14-15H,1H3,(H,16,17). The van der Waals surface area contributed by atoms with Crippen LogP contribution in [0.15, 0.2) is 24.3 Å². The zero-order valence-corrected chi connectivity index (χ0v) is 11.3. The first kappa shape index (κ1) is 14.4. The van der Waals surface area contributed by atoms with Crippen LogP contribution in [0, 0.1) is 0 Å². The molecule has 106 valence electrons. The first-order chi connectivity index (χ1) is 9.45. The zero-order chi connectivity index (χ0) is 14.9. The fourth-order valence-electron chi connectivity index (χ4n) is 1.87. The molecule has 0 radical (unpaired) electrons. The molecule has 1 aromatic carbocycles. The molecule has 0 spiro atoms. The Labute approximate surface area is 117 Å². The quantitative estimate of drug-likeness (QED) is 0.732. The van der Waals surface area contributed by atoms with E-state index in [0.717, 1.165) is 18.4 Å². The molecule has 3 N–H and O–H groups in total. The van der Waals surface area contributed by atoms with Crippen molar-refractivity contribution in [1.29, 1.82) is 0 Å². The second-order valence-corrected chi connectivity index (χ2v) is 5.17. The number of ether oxygens (including phenoxy) is 1. The van der Waals surface area contributed by atoms with Gasteiger partial charge in [-0.2, -0.15) is 0 Å². The van der Waals surface area contributed by atoms with Crippen molar-refractivity contribution in [1.82, 2.24) is 0 Å². The highest BCUT2D eigenvalue weighted by Crippen LogP contribution is 2.32. The van der Waals surface area contributed by atoms with Crippen LogP contribution in [0.1, 0.15) is 21.3 Å². The van der Waals surface area contributed by atoms with E-state index in [1.54, 1.807) is 12.1 Å². The molecule has 20 heavy (non-hydrogen) atoms. The Morgan fingerprint density at radius 3 is 2.60 bits per heavy atom. The van der Waals surface area contributed by atoms with Gasteiger partial charge in [-0.1, -0.05) is 12.1 Å². The first-order valence-electron chi connectivity index (χ1n) is 5.65. The molecular weight excluding hydrogens is 284 g/mol. The highest BCUT2D eigenvalue weighted by Gasteiger charge is 2.28. The second kappa shape index (κ2) is 5.58. The smallest absolute Gasteiger partial charge is 0.345 e. The maximum Gasteiger partial charge on any atom is 0.345 e. The molecule has 0 bridgehead atoms. The summed E-state index contributed by atoms with van der Waals surface area (Å²) in [5, 5.41) is 29.2. The Bertz CT molecular complexity index is 662. The average Bonchev–Trinajstić information content (AvgIpc) is 2.88. The van der Waals surface area contributed by atoms with Crippen LogP contribution in [0.2, 0.25) is 0 Å². The number of aliphatic hydroxyl groups excluding tert-OH is 2. The Morgan fingerprint density at radius 2 is 2.00 bits per heavy atom. The average molecular weight is 296 g/mol. The van der Waals surface area contributed by atoms with E-state index < -0.39 is 24.1 Å². The van der Waals surface area contributed by atoms with E-state index in [2.05, 4.69) is 4.74 Å². The molecule has 1 heterocycles. The fraction of sp³-hybridized carbons (Fsp3) is 0.231. The lowest BCUT2D eigenvalue weighted by atomic mass is 10.0. The molecule has 0 saturated carbocycles. The van der Waals surface area contributed by atoms with Crippen LogP contribution in [0.5, 0.6) is 0 Å². The minimum Gasteiger partial charge on any atom is -0.477 e. The van der Waals surface area contributed by atoms with E-state index in [-0.39, 0.29) is 10.4 Å². The predicted molar refractivity (Wildman–Crippen MR) is 71.8 cm³/mol. The number of benzene rings is 1. The number of hydrogen-bond acceptors (Lipinski definition) is 6. The number of rotatable bonds is 4. The number of esters is 1. The summed E-state index contributed by atoms with van der Waals surface area (Å²) < 4.78 is 5.02. The van der Waals surface area contributed by atoms with Gasteiger partial charge in [0.25, 0.3) is 0 Å². The number of fused-ring (bicyclic) bond motifs is 1. The number of carbonyl (C=O) groups excluding carboxylic acids is 1. The lowest BCUT2D eigenvalue weighted by Gasteiger charge is -2.16. The van der Waals surface area contributed by atoms with Crippen LogP contribution in [-0.2, 0) is 9.53 Å². The number of thiophene rings is 1. The largest absolute Gasteiger partial charge is 0.477 e. The van der Waals surface area contributed by atoms with E-state index >= 15 is 0 Å². The van der Waals surface area contributed by atoms with Crippen LogP contribution >= 0.6 is 11.3 Å². The van der Waals surface area contributed by atoms with Crippen molar-refractivity contribution in [2.75, 3.05) is 7.11 Å². The first-order valence-corrected chi connectivity index (χ1v) is 6.47. The molecule has 0 aliphatic heterocycles. The molecule has 6 nitrogen and oxygen atoms in total. The number of methoxy groups -OCH3 is 1. The molecule has 7 heteroatoms. The van der Waals surface area contributed by atoms with E-state index in [0.29, 0.717) is 10.1 Å². The lowest BCUT2D eigenvalue weighted by Crippen LogP contribution is -2.29. The number of aromatic carboxylic acids is 1. The van der Waals surface area contributed by atoms with Crippen molar-refractivity contribution in [3.05, 3.63) is 34.7 Å². The highest BCUT2D eigenvalue weighted by atomic mass is 32.1. The Hall–Kier alpha value is -1.96. The Morgan fingerprint density at radius 1 is 1.30 bits per heavy atom. The molecule has 2 atom stereocenters. The third-order valence-electron chi connectivity index (χ3n) is 2.87. The van der Waals surface area contributed by atoms with Crippen LogP contribution in [0.25, 0.3) is 10.1 Å². The van der Waals surface area contributed by atoms with Crippen LogP contribution in [0.4, 0.5) is 0 Å². The molecular formula is C13H12O6S. The van der Waals surface area contributed by atoms with Gasteiger partial charge in [0.05, 0.1) is 7.11 Å². The summed E-state index contributed by atoms with van der Waals surface area (Å²) in [4.78, 5) is 22.3. The van der Waals surface area contributed by atoms with Crippen molar-refractivity contribution >= 4 is 33.4 Å². The summed E-state index contributed by atoms with van der Waals surface area (Å²) in [6.45, 7) is 0. The van der Waals surface area contributed by atoms with E-state index in [4.69, 9.17) is 5.11 Å². The molecule has 1 aromatic heterocycles. The fourth-order valence-corrected chi connectivity index (χ4v) is 2.80. The second-order valence-electron chi connectivity index (χ2n) is 4.09. The summed E-state index contributed by atoms with van der Waals surface area (Å²) in [5.41, 5.74) is 0.282. The summed E-state index contributed by atoms with van der Waals surface area (Å²) in [6.07, 6.45) is -3.21. The number of carboxylic acid groups (broad SMARTS) is 1. The van der Waals surface area contributed by atoms with Crippen molar-refractivity contribution in [3.8, 4) is 0 Å². The van der Waals surface area contributed by atoms with E-state index in [1.807, 2.05) is 0 Å². The molecule has 2 aromatic rings. The Kier molecular flexibility index (Phi) is 4.03. The summed E-state index contributed by atoms with van der Waals surface area (Å²) in [5.74, 6) is -2.02. The summed E-state index contributed by atoms with van der Waals surface area (Å²) in [7, 11) is 1.10. The molecule has 0 fully saturated rings. The zero-order valence-electron chi connectivity index (χ0n) is 10.4. The molecule has 0 aliphatic carbocycles. The van der Waals surface area contributed by atoms with Gasteiger partial charge in [0.2, 0.25) is 0 Å². The van der Waals surface area contributed by atoms with Crippen LogP contribution in [0.3, 0.4) is 0 Å². The van der Waals surface area contributed by atoms with Gasteiger partial charge in [0, 0.05) is 4.70 Å². The monoisotopic (exact) mass is 296 g/mol. The molecule has 2 unspecified atom stereocenters. The van der Waals surface area contributed by atoms with Gasteiger partial charge < -0.3 is 20.1 Å². The topological polar surface area (TPSA) is 104 Å². The van der Waals surface area contributed by atoms with Gasteiger partial charge in [-0.05, 0) is 23.1 Å². The third-order valence-corrected chi connectivity index (χ3v) is 3.95. The molecule has 2 rings (SSSR count). The maximum absolute atomic E-state index is 11.3. The van der Waals surface area contributed by atoms with Gasteiger partial charge in [-0.3, -0.25) is 0 Å². The number of aliphatic hydroxyl groups is 2. The van der Waals surface area contributed by atoms with Crippen molar-refractivity contribution in [3.63, 3.8) is 0 Å². The number of carbonyl (C=O) groups is 2. The SMILES string of the molecule is COC(=O)C(O)C(O)c1cccc2sc(C(=O)O)cc12. The Balaban J connectivity index is 2.48. The van der Waals surface area contributed by atoms with Gasteiger partial charge >= 0.3 is 11.9 Å². The molecule has 0 saturated heterocycles. The third kappa shape index (κ3) is 2.51. The molecule has 0 aliphatic rings. The predicted octanol–water partition coefficient (Wildman–Crippen LogP) is 1.17. The normalized spacial score (nSPS) is 13.9. The van der Waals surface area contributed by atoms with Crippen LogP contribution in [-0.4, -0.2) is 40.5 Å². The van der Waals surface area contributed by atoms with Crippen molar-refractivity contribution in [2.24, 2.45) is 0 Å². The minimum absolute atomic E-state index is 0.118. The van der Waals surface area contributed by atoms with Gasteiger partial charge in [-0.25, -0.2) is 9.59 Å². The van der Waals surface area contributed by atoms with Gasteiger partial charge in [-0.15, -0.1) is 11.3 Å². The summed E-state index contributed by atoms with van der Waals surface area (Å²) >= 11 is 1.05. The summed E-state index contributed by atoms with van der Waals surface area (Å²) in [6, 6.07) is 6.25. The van der Waals surface area contributed by atoms with Crippen molar-refractivity contribution < 1.29 is 29.6 Å². The molecule has 0 amide bonds. The number of hydrogen-bond donors (Lipinski definition) is 3. The van der Waals surface area contributed by atoms with Crippen LogP contribution < -0.4 is 0 Å². The maximum atomic E-state index is 11.3. The lowest BCUT2D eigenvalue weighted by molar-refractivity contribution is -0.156. The van der Waals surface area contributed by atoms with E-state index in [1.165, 1.54) is 12.1 Å². The van der Waals surface area contributed by atoms with Crippen molar-refractivity contribution in [2.45, 2.75) is 12.2 Å².